The molecule has 0 bridgehead atoms. The van der Waals surface area contributed by atoms with E-state index >= 15 is 0 Å². The zero-order valence-electron chi connectivity index (χ0n) is 10.6. The van der Waals surface area contributed by atoms with E-state index in [9.17, 15) is 9.59 Å². The average molecular weight is 274 g/mol. The minimum Gasteiger partial charge on any atom is -0.432 e. The van der Waals surface area contributed by atoms with Crippen LogP contribution in [0, 0.1) is 0 Å². The smallest absolute Gasteiger partial charge is 0.323 e. The van der Waals surface area contributed by atoms with Crippen LogP contribution >= 0.6 is 0 Å². The van der Waals surface area contributed by atoms with Gasteiger partial charge in [-0.3, -0.25) is 10.1 Å². The summed E-state index contributed by atoms with van der Waals surface area (Å²) in [5.41, 5.74) is 6.18. The summed E-state index contributed by atoms with van der Waals surface area (Å²) >= 11 is 0. The normalized spacial score (nSPS) is 11.6. The Kier molecular flexibility index (Phi) is 4.33. The van der Waals surface area contributed by atoms with Gasteiger partial charge in [-0.15, -0.1) is 0 Å². The van der Waals surface area contributed by atoms with Crippen molar-refractivity contribution in [1.29, 1.82) is 0 Å². The van der Waals surface area contributed by atoms with Gasteiger partial charge in [-0.25, -0.2) is 9.78 Å². The van der Waals surface area contributed by atoms with Crippen LogP contribution in [-0.4, -0.2) is 23.0 Å². The molecule has 7 nitrogen and oxygen atoms in total. The van der Waals surface area contributed by atoms with Crippen molar-refractivity contribution < 1.29 is 14.0 Å². The highest BCUT2D eigenvalue weighted by Gasteiger charge is 2.19. The van der Waals surface area contributed by atoms with Gasteiger partial charge < -0.3 is 15.5 Å². The third-order valence-electron chi connectivity index (χ3n) is 2.58. The number of amides is 3. The number of nitrogens with two attached hydrogens (primary N) is 1. The molecule has 1 unspecified atom stereocenters. The summed E-state index contributed by atoms with van der Waals surface area (Å²) in [7, 11) is 0. The maximum absolute atomic E-state index is 11.7. The van der Waals surface area contributed by atoms with Gasteiger partial charge in [0.1, 0.15) is 12.3 Å². The predicted octanol–water partition coefficient (Wildman–Crippen LogP) is 0.893. The first-order valence-electron chi connectivity index (χ1n) is 5.95. The van der Waals surface area contributed by atoms with Gasteiger partial charge in [-0.1, -0.05) is 30.3 Å². The zero-order valence-corrected chi connectivity index (χ0v) is 10.6. The number of anilines is 1. The molecule has 0 spiro atoms. The van der Waals surface area contributed by atoms with E-state index in [0.29, 0.717) is 6.42 Å². The first kappa shape index (κ1) is 13.6. The second kappa shape index (κ2) is 6.37. The number of hydrogen-bond donors (Lipinski definition) is 3. The Morgan fingerprint density at radius 1 is 1.30 bits per heavy atom. The van der Waals surface area contributed by atoms with Crippen LogP contribution in [0.2, 0.25) is 0 Å². The van der Waals surface area contributed by atoms with Gasteiger partial charge in [0.05, 0.1) is 6.20 Å². The van der Waals surface area contributed by atoms with E-state index in [1.165, 1.54) is 12.5 Å². The second-order valence-electron chi connectivity index (χ2n) is 4.08. The van der Waals surface area contributed by atoms with Crippen molar-refractivity contribution in [2.24, 2.45) is 5.73 Å². The molecule has 0 saturated carbocycles. The molecule has 0 fully saturated rings. The lowest BCUT2D eigenvalue weighted by atomic mass is 10.1. The molecule has 0 radical (unpaired) electrons. The highest BCUT2D eigenvalue weighted by molar-refractivity contribution is 5.92. The maximum atomic E-state index is 11.7. The number of oxazole rings is 1. The first-order valence-corrected chi connectivity index (χ1v) is 5.95. The lowest BCUT2D eigenvalue weighted by Gasteiger charge is -2.15. The molecule has 104 valence electrons. The van der Waals surface area contributed by atoms with E-state index in [2.05, 4.69) is 15.6 Å². The van der Waals surface area contributed by atoms with E-state index in [-0.39, 0.29) is 6.01 Å². The molecule has 1 aromatic heterocycles. The summed E-state index contributed by atoms with van der Waals surface area (Å²) in [6, 6.07) is 7.89. The molecule has 2 rings (SSSR count). The molecule has 20 heavy (non-hydrogen) atoms. The van der Waals surface area contributed by atoms with Crippen LogP contribution in [0.4, 0.5) is 10.8 Å². The van der Waals surface area contributed by atoms with Gasteiger partial charge in [0.15, 0.2) is 0 Å². The van der Waals surface area contributed by atoms with Crippen LogP contribution in [0.5, 0.6) is 0 Å². The standard InChI is InChI=1S/C13H14N4O3/c14-11(18)10(8-9-4-2-1-3-5-9)16-12(19)17-13-15-6-7-20-13/h1-7,10H,8H2,(H2,14,18)(H2,15,16,17,19). The quantitative estimate of drug-likeness (QED) is 0.752. The van der Waals surface area contributed by atoms with Crippen molar-refractivity contribution in [1.82, 2.24) is 10.3 Å². The monoisotopic (exact) mass is 274 g/mol. The van der Waals surface area contributed by atoms with Crippen molar-refractivity contribution in [3.63, 3.8) is 0 Å². The topological polar surface area (TPSA) is 110 Å². The van der Waals surface area contributed by atoms with Crippen molar-refractivity contribution in [3.05, 3.63) is 48.4 Å². The molecule has 0 aliphatic carbocycles. The van der Waals surface area contributed by atoms with Gasteiger partial charge >= 0.3 is 12.0 Å². The van der Waals surface area contributed by atoms with Crippen molar-refractivity contribution in [2.75, 3.05) is 5.32 Å². The summed E-state index contributed by atoms with van der Waals surface area (Å²) in [4.78, 5) is 26.8. The van der Waals surface area contributed by atoms with Crippen LogP contribution in [-0.2, 0) is 11.2 Å². The molecule has 3 amide bonds. The zero-order chi connectivity index (χ0) is 14.4. The van der Waals surface area contributed by atoms with Crippen molar-refractivity contribution in [3.8, 4) is 0 Å². The Morgan fingerprint density at radius 2 is 2.05 bits per heavy atom. The Labute approximate surface area is 115 Å². The fourth-order valence-corrected chi connectivity index (χ4v) is 1.65. The van der Waals surface area contributed by atoms with E-state index < -0.39 is 18.0 Å². The number of aromatic nitrogens is 1. The molecule has 4 N–H and O–H groups in total. The van der Waals surface area contributed by atoms with Crippen LogP contribution in [0.15, 0.2) is 47.2 Å². The molecule has 0 aliphatic rings. The van der Waals surface area contributed by atoms with Crippen LogP contribution < -0.4 is 16.4 Å². The Bertz CT molecular complexity index is 569. The minimum atomic E-state index is -0.813. The Balaban J connectivity index is 1.95. The molecule has 2 aromatic rings. The number of nitrogens with zero attached hydrogens (tertiary/aromatic N) is 1. The van der Waals surface area contributed by atoms with Gasteiger partial charge in [-0.05, 0) is 5.56 Å². The highest BCUT2D eigenvalue weighted by Crippen LogP contribution is 2.04. The molecular formula is C13H14N4O3. The van der Waals surface area contributed by atoms with Crippen LogP contribution in [0.25, 0.3) is 0 Å². The lowest BCUT2D eigenvalue weighted by Crippen LogP contribution is -2.47. The Hall–Kier alpha value is -2.83. The van der Waals surface area contributed by atoms with Crippen LogP contribution in [0.3, 0.4) is 0 Å². The maximum Gasteiger partial charge on any atom is 0.323 e. The molecule has 1 heterocycles. The first-order chi connectivity index (χ1) is 9.65. The number of hydrogen-bond acceptors (Lipinski definition) is 4. The molecule has 0 aliphatic heterocycles. The molecule has 7 heteroatoms. The predicted molar refractivity (Wildman–Crippen MR) is 71.8 cm³/mol. The number of carbonyl (C=O) groups excluding carboxylic acids is 2. The van der Waals surface area contributed by atoms with Crippen molar-refractivity contribution >= 4 is 18.0 Å². The third kappa shape index (κ3) is 3.84. The number of rotatable bonds is 5. The number of nitrogens with one attached hydrogen (secondary N) is 2. The highest BCUT2D eigenvalue weighted by atomic mass is 16.4. The molecule has 1 atom stereocenters. The van der Waals surface area contributed by atoms with Crippen molar-refractivity contribution in [2.45, 2.75) is 12.5 Å². The third-order valence-corrected chi connectivity index (χ3v) is 2.58. The fourth-order valence-electron chi connectivity index (χ4n) is 1.65. The molecule has 1 aromatic carbocycles. The van der Waals surface area contributed by atoms with E-state index in [4.69, 9.17) is 10.2 Å². The molecular weight excluding hydrogens is 260 g/mol. The number of benzene rings is 1. The minimum absolute atomic E-state index is 0.0467. The SMILES string of the molecule is NC(=O)C(Cc1ccccc1)NC(=O)Nc1ncco1. The van der Waals surface area contributed by atoms with E-state index in [1.54, 1.807) is 0 Å². The second-order valence-corrected chi connectivity index (χ2v) is 4.08. The number of urea groups is 1. The summed E-state index contributed by atoms with van der Waals surface area (Å²) < 4.78 is 4.87. The van der Waals surface area contributed by atoms with Gasteiger partial charge in [0.2, 0.25) is 5.91 Å². The largest absolute Gasteiger partial charge is 0.432 e. The average Bonchev–Trinajstić information content (AvgIpc) is 2.92. The fraction of sp³-hybridized carbons (Fsp3) is 0.154. The van der Waals surface area contributed by atoms with E-state index in [0.717, 1.165) is 5.56 Å². The van der Waals surface area contributed by atoms with Gasteiger partial charge in [0.25, 0.3) is 0 Å². The van der Waals surface area contributed by atoms with Crippen LogP contribution in [0.1, 0.15) is 5.56 Å². The molecule has 0 saturated heterocycles. The van der Waals surface area contributed by atoms with Gasteiger partial charge in [0, 0.05) is 6.42 Å². The summed E-state index contributed by atoms with van der Waals surface area (Å²) in [5.74, 6) is -0.614. The lowest BCUT2D eigenvalue weighted by molar-refractivity contribution is -0.119. The van der Waals surface area contributed by atoms with E-state index in [1.807, 2.05) is 30.3 Å². The summed E-state index contributed by atoms with van der Waals surface area (Å²) in [6.07, 6.45) is 3.03. The number of carbonyl (C=O) groups is 2. The summed E-state index contributed by atoms with van der Waals surface area (Å²) in [6.45, 7) is 0. The number of primary amides is 1. The Morgan fingerprint density at radius 3 is 2.65 bits per heavy atom. The van der Waals surface area contributed by atoms with Gasteiger partial charge in [-0.2, -0.15) is 0 Å². The summed E-state index contributed by atoms with van der Waals surface area (Å²) in [5, 5.41) is 4.84.